The van der Waals surface area contributed by atoms with Crippen molar-refractivity contribution in [2.45, 2.75) is 39.5 Å². The van der Waals surface area contributed by atoms with E-state index in [1.807, 2.05) is 11.8 Å². The Morgan fingerprint density at radius 2 is 2.12 bits per heavy atom. The third kappa shape index (κ3) is 3.55. The molecule has 0 unspecified atom stereocenters. The number of aryl methyl sites for hydroxylation is 2. The first-order valence-corrected chi connectivity index (χ1v) is 8.33. The van der Waals surface area contributed by atoms with Gasteiger partial charge in [-0.1, -0.05) is 5.16 Å². The molecule has 1 fully saturated rings. The molecule has 3 heterocycles. The molecule has 0 radical (unpaired) electrons. The summed E-state index contributed by atoms with van der Waals surface area (Å²) < 4.78 is 5.13. The molecule has 24 heavy (non-hydrogen) atoms. The zero-order valence-electron chi connectivity index (χ0n) is 14.2. The molecule has 2 aromatic rings. The van der Waals surface area contributed by atoms with Crippen LogP contribution in [0.25, 0.3) is 0 Å². The van der Waals surface area contributed by atoms with E-state index < -0.39 is 0 Å². The van der Waals surface area contributed by atoms with Gasteiger partial charge in [0, 0.05) is 13.1 Å². The van der Waals surface area contributed by atoms with Crippen LogP contribution in [0.1, 0.15) is 46.8 Å². The van der Waals surface area contributed by atoms with E-state index >= 15 is 0 Å². The summed E-state index contributed by atoms with van der Waals surface area (Å²) in [5.41, 5.74) is 7.81. The topological polar surface area (TPSA) is 98.1 Å². The quantitative estimate of drug-likeness (QED) is 0.926. The van der Waals surface area contributed by atoms with Crippen molar-refractivity contribution in [3.63, 3.8) is 0 Å². The lowest BCUT2D eigenvalue weighted by atomic mass is 9.95. The van der Waals surface area contributed by atoms with Crippen molar-refractivity contribution < 1.29 is 9.32 Å². The number of aromatic nitrogens is 3. The van der Waals surface area contributed by atoms with Crippen molar-refractivity contribution in [1.82, 2.24) is 20.0 Å². The number of hydrogen-bond donors (Lipinski definition) is 1. The minimum Gasteiger partial charge on any atom is -0.382 e. The predicted molar refractivity (Wildman–Crippen MR) is 89.4 cm³/mol. The van der Waals surface area contributed by atoms with Crippen molar-refractivity contribution >= 4 is 11.7 Å². The SMILES string of the molecule is Cc1noc(C)c1C(=O)N1CCC[C@@H](Cc2cnc(N)cn2)CC1. The largest absolute Gasteiger partial charge is 0.382 e. The summed E-state index contributed by atoms with van der Waals surface area (Å²) in [5.74, 6) is 1.57. The van der Waals surface area contributed by atoms with E-state index in [0.29, 0.717) is 28.8 Å². The minimum absolute atomic E-state index is 0.0270. The molecule has 0 bridgehead atoms. The van der Waals surface area contributed by atoms with Gasteiger partial charge in [-0.05, 0) is 45.4 Å². The molecule has 7 nitrogen and oxygen atoms in total. The van der Waals surface area contributed by atoms with E-state index in [1.165, 1.54) is 0 Å². The van der Waals surface area contributed by atoms with Gasteiger partial charge >= 0.3 is 0 Å². The normalized spacial score (nSPS) is 18.4. The van der Waals surface area contributed by atoms with Gasteiger partial charge in [-0.15, -0.1) is 0 Å². The first-order chi connectivity index (χ1) is 11.5. The summed E-state index contributed by atoms with van der Waals surface area (Å²) in [6, 6.07) is 0. The summed E-state index contributed by atoms with van der Waals surface area (Å²) in [6.45, 7) is 5.11. The number of carbonyl (C=O) groups excluding carboxylic acids is 1. The first-order valence-electron chi connectivity index (χ1n) is 8.33. The average molecular weight is 329 g/mol. The van der Waals surface area contributed by atoms with Crippen LogP contribution in [0.3, 0.4) is 0 Å². The maximum absolute atomic E-state index is 12.7. The van der Waals surface area contributed by atoms with Crippen LogP contribution in [0.15, 0.2) is 16.9 Å². The van der Waals surface area contributed by atoms with Gasteiger partial charge in [0.2, 0.25) is 0 Å². The lowest BCUT2D eigenvalue weighted by Gasteiger charge is -2.20. The summed E-state index contributed by atoms with van der Waals surface area (Å²) in [5, 5.41) is 3.89. The van der Waals surface area contributed by atoms with Crippen LogP contribution in [0.4, 0.5) is 5.82 Å². The molecule has 1 amide bonds. The Morgan fingerprint density at radius 1 is 1.29 bits per heavy atom. The molecule has 0 spiro atoms. The molecule has 1 atom stereocenters. The van der Waals surface area contributed by atoms with Gasteiger partial charge in [-0.3, -0.25) is 9.78 Å². The number of hydrogen-bond acceptors (Lipinski definition) is 6. The molecule has 1 saturated heterocycles. The summed E-state index contributed by atoms with van der Waals surface area (Å²) >= 11 is 0. The molecule has 1 aliphatic heterocycles. The fourth-order valence-electron chi connectivity index (χ4n) is 3.28. The molecule has 0 saturated carbocycles. The number of nitrogens with two attached hydrogens (primary N) is 1. The maximum atomic E-state index is 12.7. The van der Waals surface area contributed by atoms with Crippen molar-refractivity contribution in [3.8, 4) is 0 Å². The predicted octanol–water partition coefficient (Wildman–Crippen LogP) is 2.15. The molecule has 3 rings (SSSR count). The standard InChI is InChI=1S/C17H23N5O2/c1-11-16(12(2)24-21-11)17(23)22-6-3-4-13(5-7-22)8-14-9-20-15(18)10-19-14/h9-10,13H,3-8H2,1-2H3,(H2,18,20)/t13-/m1/s1. The molecule has 2 aromatic heterocycles. The Hall–Kier alpha value is -2.44. The molecule has 0 aromatic carbocycles. The van der Waals surface area contributed by atoms with Gasteiger partial charge < -0.3 is 15.2 Å². The van der Waals surface area contributed by atoms with E-state index in [4.69, 9.17) is 10.3 Å². The van der Waals surface area contributed by atoms with Gasteiger partial charge in [0.15, 0.2) is 0 Å². The van der Waals surface area contributed by atoms with E-state index in [9.17, 15) is 4.79 Å². The summed E-state index contributed by atoms with van der Waals surface area (Å²) in [6.07, 6.45) is 7.24. The maximum Gasteiger partial charge on any atom is 0.259 e. The Kier molecular flexibility index (Phi) is 4.78. The lowest BCUT2D eigenvalue weighted by Crippen LogP contribution is -2.32. The smallest absolute Gasteiger partial charge is 0.259 e. The number of amides is 1. The van der Waals surface area contributed by atoms with Gasteiger partial charge in [0.05, 0.1) is 23.8 Å². The second-order valence-electron chi connectivity index (χ2n) is 6.43. The van der Waals surface area contributed by atoms with Gasteiger partial charge in [0.1, 0.15) is 17.1 Å². The van der Waals surface area contributed by atoms with Gasteiger partial charge in [-0.2, -0.15) is 0 Å². The van der Waals surface area contributed by atoms with Crippen LogP contribution in [0.2, 0.25) is 0 Å². The number of rotatable bonds is 3. The highest BCUT2D eigenvalue weighted by Gasteiger charge is 2.26. The first kappa shape index (κ1) is 16.4. The van der Waals surface area contributed by atoms with E-state index in [0.717, 1.165) is 44.5 Å². The van der Waals surface area contributed by atoms with E-state index in [1.54, 1.807) is 19.3 Å². The van der Waals surface area contributed by atoms with Crippen LogP contribution >= 0.6 is 0 Å². The minimum atomic E-state index is 0.0270. The highest BCUT2D eigenvalue weighted by atomic mass is 16.5. The Balaban J connectivity index is 1.62. The molecule has 7 heteroatoms. The Bertz CT molecular complexity index is 691. The Morgan fingerprint density at radius 3 is 2.79 bits per heavy atom. The molecule has 1 aliphatic rings. The lowest BCUT2D eigenvalue weighted by molar-refractivity contribution is 0.0757. The zero-order chi connectivity index (χ0) is 17.1. The fraction of sp³-hybridized carbons (Fsp3) is 0.529. The van der Waals surface area contributed by atoms with Crippen LogP contribution in [-0.4, -0.2) is 39.0 Å². The molecule has 0 aliphatic carbocycles. The molecule has 128 valence electrons. The van der Waals surface area contributed by atoms with Crippen LogP contribution < -0.4 is 5.73 Å². The second-order valence-corrected chi connectivity index (χ2v) is 6.43. The third-order valence-electron chi connectivity index (χ3n) is 4.61. The van der Waals surface area contributed by atoms with Crippen molar-refractivity contribution in [2.24, 2.45) is 5.92 Å². The number of nitrogen functional groups attached to an aromatic ring is 1. The van der Waals surface area contributed by atoms with Crippen molar-refractivity contribution in [2.75, 3.05) is 18.8 Å². The Labute approximate surface area is 141 Å². The highest BCUT2D eigenvalue weighted by molar-refractivity contribution is 5.96. The third-order valence-corrected chi connectivity index (χ3v) is 4.61. The molecule has 2 N–H and O–H groups in total. The number of carbonyl (C=O) groups is 1. The number of nitrogens with zero attached hydrogens (tertiary/aromatic N) is 4. The number of likely N-dealkylation sites (tertiary alicyclic amines) is 1. The van der Waals surface area contributed by atoms with Gasteiger partial charge in [0.25, 0.3) is 5.91 Å². The second kappa shape index (κ2) is 6.98. The number of anilines is 1. The van der Waals surface area contributed by atoms with Crippen LogP contribution in [0, 0.1) is 19.8 Å². The molecular formula is C17H23N5O2. The fourth-order valence-corrected chi connectivity index (χ4v) is 3.28. The summed E-state index contributed by atoms with van der Waals surface area (Å²) in [4.78, 5) is 23.1. The highest BCUT2D eigenvalue weighted by Crippen LogP contribution is 2.23. The van der Waals surface area contributed by atoms with Crippen molar-refractivity contribution in [3.05, 3.63) is 35.1 Å². The summed E-state index contributed by atoms with van der Waals surface area (Å²) in [7, 11) is 0. The van der Waals surface area contributed by atoms with Crippen molar-refractivity contribution in [1.29, 1.82) is 0 Å². The molecular weight excluding hydrogens is 306 g/mol. The van der Waals surface area contributed by atoms with Gasteiger partial charge in [-0.25, -0.2) is 4.98 Å². The van der Waals surface area contributed by atoms with E-state index in [-0.39, 0.29) is 5.91 Å². The van der Waals surface area contributed by atoms with E-state index in [2.05, 4.69) is 15.1 Å². The van der Waals surface area contributed by atoms with Crippen LogP contribution in [-0.2, 0) is 6.42 Å². The zero-order valence-corrected chi connectivity index (χ0v) is 14.2. The van der Waals surface area contributed by atoms with Crippen LogP contribution in [0.5, 0.6) is 0 Å². The monoisotopic (exact) mass is 329 g/mol. The average Bonchev–Trinajstić information content (AvgIpc) is 2.76.